The molecule has 0 spiro atoms. The van der Waals surface area contributed by atoms with Crippen LogP contribution in [0, 0.1) is 0 Å². The van der Waals surface area contributed by atoms with Crippen LogP contribution in [-0.4, -0.2) is 12.2 Å². The van der Waals surface area contributed by atoms with Crippen molar-refractivity contribution >= 4 is 5.69 Å². The summed E-state index contributed by atoms with van der Waals surface area (Å²) in [4.78, 5) is 0. The Balaban J connectivity index is 2.22. The van der Waals surface area contributed by atoms with Crippen molar-refractivity contribution in [3.63, 3.8) is 0 Å². The molecular weight excluding hydrogens is 172 g/mol. The normalized spacial score (nSPS) is 39.0. The van der Waals surface area contributed by atoms with Gasteiger partial charge in [-0.1, -0.05) is 25.1 Å². The minimum Gasteiger partial charge on any atom is -0.366 e. The fourth-order valence-corrected chi connectivity index (χ4v) is 2.94. The van der Waals surface area contributed by atoms with Gasteiger partial charge in [0.1, 0.15) is 0 Å². The van der Waals surface area contributed by atoms with E-state index >= 15 is 0 Å². The zero-order valence-corrected chi connectivity index (χ0v) is 8.72. The van der Waals surface area contributed by atoms with E-state index in [1.807, 2.05) is 0 Å². The van der Waals surface area contributed by atoms with Crippen LogP contribution in [0.2, 0.25) is 0 Å². The third-order valence-corrected chi connectivity index (χ3v) is 4.11. The van der Waals surface area contributed by atoms with Crippen LogP contribution in [-0.2, 0) is 5.41 Å². The molecule has 0 amide bonds. The zero-order chi connectivity index (χ0) is 9.81. The van der Waals surface area contributed by atoms with Gasteiger partial charge in [0.2, 0.25) is 0 Å². The molecule has 0 aliphatic carbocycles. The number of fused-ring (bicyclic) bond motifs is 3. The molecule has 0 aromatic heterocycles. The molecule has 2 aliphatic heterocycles. The Hall–Kier alpha value is -1.02. The lowest BCUT2D eigenvalue weighted by Crippen LogP contribution is -2.52. The lowest BCUT2D eigenvalue weighted by atomic mass is 9.75. The van der Waals surface area contributed by atoms with E-state index in [2.05, 4.69) is 48.7 Å². The molecule has 2 aliphatic rings. The third-order valence-electron chi connectivity index (χ3n) is 4.11. The van der Waals surface area contributed by atoms with Gasteiger partial charge in [0.25, 0.3) is 0 Å². The van der Waals surface area contributed by atoms with Gasteiger partial charge in [-0.3, -0.25) is 5.32 Å². The van der Waals surface area contributed by atoms with Crippen molar-refractivity contribution in [2.75, 3.05) is 11.9 Å². The van der Waals surface area contributed by atoms with Gasteiger partial charge < -0.3 is 5.32 Å². The Morgan fingerprint density at radius 2 is 2.00 bits per heavy atom. The SMILES string of the molecule is C[C@]12NCC[C@@]1(C)c1ccccc1N2. The molecule has 1 fully saturated rings. The molecule has 2 N–H and O–H groups in total. The second kappa shape index (κ2) is 2.31. The molecule has 2 nitrogen and oxygen atoms in total. The summed E-state index contributed by atoms with van der Waals surface area (Å²) in [6.07, 6.45) is 1.22. The molecule has 0 saturated carbocycles. The van der Waals surface area contributed by atoms with Gasteiger partial charge in [-0.25, -0.2) is 0 Å². The summed E-state index contributed by atoms with van der Waals surface area (Å²) in [5.74, 6) is 0. The summed E-state index contributed by atoms with van der Waals surface area (Å²) in [6, 6.07) is 8.65. The van der Waals surface area contributed by atoms with Gasteiger partial charge in [-0.15, -0.1) is 0 Å². The molecule has 2 heterocycles. The van der Waals surface area contributed by atoms with E-state index in [9.17, 15) is 0 Å². The molecule has 0 bridgehead atoms. The summed E-state index contributed by atoms with van der Waals surface area (Å²) in [6.45, 7) is 5.72. The Morgan fingerprint density at radius 3 is 2.86 bits per heavy atom. The molecule has 74 valence electrons. The summed E-state index contributed by atoms with van der Waals surface area (Å²) in [5.41, 5.74) is 3.07. The summed E-state index contributed by atoms with van der Waals surface area (Å²) >= 11 is 0. The van der Waals surface area contributed by atoms with Gasteiger partial charge >= 0.3 is 0 Å². The van der Waals surface area contributed by atoms with E-state index in [0.29, 0.717) is 0 Å². The highest BCUT2D eigenvalue weighted by atomic mass is 15.3. The predicted molar refractivity (Wildman–Crippen MR) is 58.4 cm³/mol. The topological polar surface area (TPSA) is 24.1 Å². The van der Waals surface area contributed by atoms with E-state index in [1.54, 1.807) is 0 Å². The number of anilines is 1. The molecule has 1 aromatic rings. The molecule has 0 unspecified atom stereocenters. The monoisotopic (exact) mass is 188 g/mol. The first-order chi connectivity index (χ1) is 6.66. The Kier molecular flexibility index (Phi) is 1.37. The quantitative estimate of drug-likeness (QED) is 0.651. The van der Waals surface area contributed by atoms with Gasteiger partial charge in [0.15, 0.2) is 0 Å². The minimum absolute atomic E-state index is 0.0523. The van der Waals surface area contributed by atoms with Crippen molar-refractivity contribution in [3.05, 3.63) is 29.8 Å². The molecular formula is C12H16N2. The smallest absolute Gasteiger partial charge is 0.0950 e. The Morgan fingerprint density at radius 1 is 1.21 bits per heavy atom. The van der Waals surface area contributed by atoms with E-state index in [4.69, 9.17) is 0 Å². The standard InChI is InChI=1S/C12H16N2/c1-11-7-8-13-12(11,2)14-10-6-4-3-5-9(10)11/h3-6,13-14H,7-8H2,1-2H3/t11-,12+/m0/s1. The largest absolute Gasteiger partial charge is 0.366 e. The first-order valence-corrected chi connectivity index (χ1v) is 5.28. The van der Waals surface area contributed by atoms with Crippen molar-refractivity contribution in [2.45, 2.75) is 31.3 Å². The Labute approximate surface area is 84.7 Å². The van der Waals surface area contributed by atoms with Gasteiger partial charge in [0, 0.05) is 11.1 Å². The number of hydrogen-bond donors (Lipinski definition) is 2. The van der Waals surface area contributed by atoms with E-state index in [-0.39, 0.29) is 11.1 Å². The van der Waals surface area contributed by atoms with Crippen molar-refractivity contribution in [1.82, 2.24) is 5.32 Å². The molecule has 14 heavy (non-hydrogen) atoms. The molecule has 2 heteroatoms. The van der Waals surface area contributed by atoms with E-state index in [1.165, 1.54) is 17.7 Å². The molecule has 1 saturated heterocycles. The summed E-state index contributed by atoms with van der Waals surface area (Å²) < 4.78 is 0. The van der Waals surface area contributed by atoms with Gasteiger partial charge in [-0.2, -0.15) is 0 Å². The average Bonchev–Trinajstić information content (AvgIpc) is 2.54. The van der Waals surface area contributed by atoms with Gasteiger partial charge in [-0.05, 0) is 31.5 Å². The number of rotatable bonds is 0. The van der Waals surface area contributed by atoms with Crippen LogP contribution in [0.25, 0.3) is 0 Å². The van der Waals surface area contributed by atoms with E-state index < -0.39 is 0 Å². The predicted octanol–water partition coefficient (Wildman–Crippen LogP) is 2.08. The molecule has 3 rings (SSSR count). The number of hydrogen-bond acceptors (Lipinski definition) is 2. The number of nitrogens with one attached hydrogen (secondary N) is 2. The van der Waals surface area contributed by atoms with Crippen LogP contribution < -0.4 is 10.6 Å². The average molecular weight is 188 g/mol. The van der Waals surface area contributed by atoms with Crippen molar-refractivity contribution < 1.29 is 0 Å². The maximum atomic E-state index is 3.60. The first-order valence-electron chi connectivity index (χ1n) is 5.28. The zero-order valence-electron chi connectivity index (χ0n) is 8.72. The highest BCUT2D eigenvalue weighted by molar-refractivity contribution is 5.64. The fourth-order valence-electron chi connectivity index (χ4n) is 2.94. The van der Waals surface area contributed by atoms with Crippen molar-refractivity contribution in [3.8, 4) is 0 Å². The number of benzene rings is 1. The van der Waals surface area contributed by atoms with Crippen LogP contribution >= 0.6 is 0 Å². The van der Waals surface area contributed by atoms with E-state index in [0.717, 1.165) is 6.54 Å². The van der Waals surface area contributed by atoms with Gasteiger partial charge in [0.05, 0.1) is 5.66 Å². The van der Waals surface area contributed by atoms with Crippen LogP contribution in [0.1, 0.15) is 25.8 Å². The van der Waals surface area contributed by atoms with Crippen molar-refractivity contribution in [1.29, 1.82) is 0 Å². The maximum absolute atomic E-state index is 3.60. The lowest BCUT2D eigenvalue weighted by Gasteiger charge is -2.34. The van der Waals surface area contributed by atoms with Crippen molar-refractivity contribution in [2.24, 2.45) is 0 Å². The number of para-hydroxylation sites is 1. The Bertz CT molecular complexity index is 388. The molecule has 2 atom stereocenters. The third kappa shape index (κ3) is 0.758. The highest BCUT2D eigenvalue weighted by Crippen LogP contribution is 2.50. The second-order valence-corrected chi connectivity index (χ2v) is 4.80. The van der Waals surface area contributed by atoms with Crippen LogP contribution in [0.5, 0.6) is 0 Å². The maximum Gasteiger partial charge on any atom is 0.0950 e. The van der Waals surface area contributed by atoms with Crippen LogP contribution in [0.4, 0.5) is 5.69 Å². The summed E-state index contributed by atoms with van der Waals surface area (Å²) in [7, 11) is 0. The molecule has 1 aromatic carbocycles. The first kappa shape index (κ1) is 8.30. The van der Waals surface area contributed by atoms with Crippen LogP contribution in [0.15, 0.2) is 24.3 Å². The molecule has 0 radical (unpaired) electrons. The second-order valence-electron chi connectivity index (χ2n) is 4.80. The highest BCUT2D eigenvalue weighted by Gasteiger charge is 2.54. The minimum atomic E-state index is 0.0523. The fraction of sp³-hybridized carbons (Fsp3) is 0.500. The van der Waals surface area contributed by atoms with Crippen LogP contribution in [0.3, 0.4) is 0 Å². The lowest BCUT2D eigenvalue weighted by molar-refractivity contribution is 0.332. The summed E-state index contributed by atoms with van der Waals surface area (Å²) in [5, 5.41) is 7.17.